The van der Waals surface area contributed by atoms with Crippen LogP contribution < -0.4 is 14.2 Å². The number of rotatable bonds is 7. The van der Waals surface area contributed by atoms with Crippen LogP contribution >= 0.6 is 0 Å². The highest BCUT2D eigenvalue weighted by Crippen LogP contribution is 2.24. The van der Waals surface area contributed by atoms with Crippen molar-refractivity contribution in [3.05, 3.63) is 78.9 Å². The van der Waals surface area contributed by atoms with Gasteiger partial charge in [-0.25, -0.2) is 18.1 Å². The minimum absolute atomic E-state index is 0.135. The van der Waals surface area contributed by atoms with E-state index in [0.717, 1.165) is 0 Å². The van der Waals surface area contributed by atoms with E-state index in [1.54, 1.807) is 72.5 Å². The normalized spacial score (nSPS) is 11.2. The number of nitrogens with one attached hydrogen (secondary N) is 1. The molecule has 1 N–H and O–H groups in total. The quantitative estimate of drug-likeness (QED) is 0.471. The highest BCUT2D eigenvalue weighted by Gasteiger charge is 2.14. The van der Waals surface area contributed by atoms with Gasteiger partial charge in [0.05, 0.1) is 12.0 Å². The van der Waals surface area contributed by atoms with E-state index in [2.05, 4.69) is 19.8 Å². The summed E-state index contributed by atoms with van der Waals surface area (Å²) in [6, 6.07) is 16.1. The predicted molar refractivity (Wildman–Crippen MR) is 114 cm³/mol. The van der Waals surface area contributed by atoms with Crippen LogP contribution in [0.4, 0.5) is 5.69 Å². The minimum Gasteiger partial charge on any atom is -0.497 e. The summed E-state index contributed by atoms with van der Waals surface area (Å²) < 4.78 is 40.1. The maximum atomic E-state index is 12.6. The fourth-order valence-corrected chi connectivity index (χ4v) is 3.84. The van der Waals surface area contributed by atoms with Crippen LogP contribution in [-0.4, -0.2) is 35.3 Å². The Bertz CT molecular complexity index is 1270. The lowest BCUT2D eigenvalue weighted by Crippen LogP contribution is -2.12. The second-order valence-electron chi connectivity index (χ2n) is 6.47. The number of aryl methyl sites for hydroxylation is 1. The number of sulfonamides is 1. The molecular weight excluding hydrogens is 418 g/mol. The van der Waals surface area contributed by atoms with Gasteiger partial charge < -0.3 is 9.47 Å². The number of ether oxygens (including phenoxy) is 2. The molecule has 2 heterocycles. The molecule has 0 saturated heterocycles. The number of anilines is 1. The van der Waals surface area contributed by atoms with E-state index in [1.165, 1.54) is 19.2 Å². The maximum Gasteiger partial charge on any atom is 0.261 e. The second kappa shape index (κ2) is 8.44. The molecule has 4 aromatic rings. The van der Waals surface area contributed by atoms with Crippen LogP contribution in [0.3, 0.4) is 0 Å². The summed E-state index contributed by atoms with van der Waals surface area (Å²) in [7, 11) is -2.20. The molecular formula is C21H19N5O4S. The van der Waals surface area contributed by atoms with Crippen LogP contribution in [0.2, 0.25) is 0 Å². The molecule has 9 nitrogen and oxygen atoms in total. The summed E-state index contributed by atoms with van der Waals surface area (Å²) in [5, 5.41) is 4.15. The van der Waals surface area contributed by atoms with E-state index in [1.807, 2.05) is 0 Å². The average Bonchev–Trinajstić information content (AvgIpc) is 3.30. The van der Waals surface area contributed by atoms with Crippen LogP contribution in [0, 0.1) is 6.92 Å². The molecule has 0 unspecified atom stereocenters. The zero-order chi connectivity index (χ0) is 21.8. The molecule has 2 aromatic heterocycles. The van der Waals surface area contributed by atoms with Gasteiger partial charge in [0.25, 0.3) is 10.0 Å². The van der Waals surface area contributed by atoms with Gasteiger partial charge in [0.1, 0.15) is 17.3 Å². The van der Waals surface area contributed by atoms with E-state index in [9.17, 15) is 8.42 Å². The van der Waals surface area contributed by atoms with Crippen LogP contribution in [0.5, 0.6) is 17.4 Å². The van der Waals surface area contributed by atoms with Crippen molar-refractivity contribution in [3.63, 3.8) is 0 Å². The van der Waals surface area contributed by atoms with E-state index < -0.39 is 10.0 Å². The van der Waals surface area contributed by atoms with E-state index >= 15 is 0 Å². The third-order valence-electron chi connectivity index (χ3n) is 4.24. The zero-order valence-corrected chi connectivity index (χ0v) is 17.6. The van der Waals surface area contributed by atoms with Gasteiger partial charge >= 0.3 is 0 Å². The van der Waals surface area contributed by atoms with Gasteiger partial charge in [-0.05, 0) is 61.5 Å². The number of nitrogens with zero attached hydrogens (tertiary/aromatic N) is 4. The molecule has 0 aliphatic carbocycles. The first-order valence-corrected chi connectivity index (χ1v) is 10.7. The topological polar surface area (TPSA) is 108 Å². The molecule has 31 heavy (non-hydrogen) atoms. The first-order chi connectivity index (χ1) is 14.9. The van der Waals surface area contributed by atoms with Crippen LogP contribution in [0.25, 0.3) is 5.82 Å². The van der Waals surface area contributed by atoms with E-state index in [0.29, 0.717) is 34.7 Å². The number of hydrogen-bond acceptors (Lipinski definition) is 7. The Morgan fingerprint density at radius 1 is 0.968 bits per heavy atom. The largest absolute Gasteiger partial charge is 0.497 e. The van der Waals surface area contributed by atoms with E-state index in [-0.39, 0.29) is 4.90 Å². The molecule has 0 amide bonds. The summed E-state index contributed by atoms with van der Waals surface area (Å²) in [5.74, 6) is 2.54. The van der Waals surface area contributed by atoms with Crippen molar-refractivity contribution in [2.45, 2.75) is 11.8 Å². The fraction of sp³-hybridized carbons (Fsp3) is 0.0952. The molecule has 0 radical (unpaired) electrons. The number of benzene rings is 2. The van der Waals surface area contributed by atoms with Gasteiger partial charge in [-0.2, -0.15) is 10.1 Å². The highest BCUT2D eigenvalue weighted by molar-refractivity contribution is 7.92. The molecule has 0 saturated carbocycles. The van der Waals surface area contributed by atoms with Gasteiger partial charge in [0, 0.05) is 24.1 Å². The lowest BCUT2D eigenvalue weighted by atomic mass is 10.3. The minimum atomic E-state index is -3.72. The van der Waals surface area contributed by atoms with Gasteiger partial charge in [-0.3, -0.25) is 4.72 Å². The van der Waals surface area contributed by atoms with Crippen molar-refractivity contribution in [1.29, 1.82) is 0 Å². The summed E-state index contributed by atoms with van der Waals surface area (Å²) in [4.78, 5) is 8.75. The van der Waals surface area contributed by atoms with Crippen LogP contribution in [0.1, 0.15) is 5.82 Å². The smallest absolute Gasteiger partial charge is 0.261 e. The van der Waals surface area contributed by atoms with Crippen molar-refractivity contribution in [2.75, 3.05) is 11.8 Å². The number of hydrogen-bond donors (Lipinski definition) is 1. The average molecular weight is 437 g/mol. The SMILES string of the molecule is COc1ccc(S(=O)(=O)Nc2ccc(Oc3cc(-n4cccn4)nc(C)n3)cc2)cc1. The lowest BCUT2D eigenvalue weighted by molar-refractivity contribution is 0.414. The monoisotopic (exact) mass is 437 g/mol. The summed E-state index contributed by atoms with van der Waals surface area (Å²) in [6.07, 6.45) is 3.43. The molecule has 158 valence electrons. The second-order valence-corrected chi connectivity index (χ2v) is 8.15. The lowest BCUT2D eigenvalue weighted by Gasteiger charge is -2.10. The Labute approximate surface area is 179 Å². The Balaban J connectivity index is 1.48. The molecule has 0 atom stereocenters. The zero-order valence-electron chi connectivity index (χ0n) is 16.8. The Morgan fingerprint density at radius 2 is 1.68 bits per heavy atom. The van der Waals surface area contributed by atoms with Crippen molar-refractivity contribution >= 4 is 15.7 Å². The summed E-state index contributed by atoms with van der Waals surface area (Å²) >= 11 is 0. The first kappa shape index (κ1) is 20.4. The van der Waals surface area contributed by atoms with Crippen LogP contribution in [0.15, 0.2) is 78.0 Å². The first-order valence-electron chi connectivity index (χ1n) is 9.23. The molecule has 0 bridgehead atoms. The number of methoxy groups -OCH3 is 1. The fourth-order valence-electron chi connectivity index (χ4n) is 2.78. The molecule has 0 spiro atoms. The van der Waals surface area contributed by atoms with Gasteiger partial charge in [0.15, 0.2) is 5.82 Å². The van der Waals surface area contributed by atoms with E-state index in [4.69, 9.17) is 9.47 Å². The van der Waals surface area contributed by atoms with Crippen molar-refractivity contribution in [1.82, 2.24) is 19.7 Å². The maximum absolute atomic E-state index is 12.6. The molecule has 0 fully saturated rings. The molecule has 10 heteroatoms. The Hall–Kier alpha value is -3.92. The molecule has 2 aromatic carbocycles. The molecule has 4 rings (SSSR count). The highest BCUT2D eigenvalue weighted by atomic mass is 32.2. The van der Waals surface area contributed by atoms with Gasteiger partial charge in [0.2, 0.25) is 5.88 Å². The standard InChI is InChI=1S/C21H19N5O4S/c1-15-23-20(26-13-3-12-22-26)14-21(24-15)30-18-6-4-16(5-7-18)25-31(27,28)19-10-8-17(29-2)9-11-19/h3-14,25H,1-2H3. The van der Waals surface area contributed by atoms with Crippen molar-refractivity contribution in [2.24, 2.45) is 0 Å². The summed E-state index contributed by atoms with van der Waals surface area (Å²) in [5.41, 5.74) is 0.402. The number of aromatic nitrogens is 4. The predicted octanol–water partition coefficient (Wildman–Crippen LogP) is 3.57. The van der Waals surface area contributed by atoms with Crippen molar-refractivity contribution in [3.8, 4) is 23.2 Å². The third kappa shape index (κ3) is 4.81. The van der Waals surface area contributed by atoms with Gasteiger partial charge in [-0.1, -0.05) is 0 Å². The summed E-state index contributed by atoms with van der Waals surface area (Å²) in [6.45, 7) is 1.76. The van der Waals surface area contributed by atoms with Crippen molar-refractivity contribution < 1.29 is 17.9 Å². The molecule has 0 aliphatic rings. The molecule has 0 aliphatic heterocycles. The Morgan fingerprint density at radius 3 is 2.32 bits per heavy atom. The van der Waals surface area contributed by atoms with Gasteiger partial charge in [-0.15, -0.1) is 0 Å². The van der Waals surface area contributed by atoms with Crippen LogP contribution in [-0.2, 0) is 10.0 Å². The Kier molecular flexibility index (Phi) is 5.54. The third-order valence-corrected chi connectivity index (χ3v) is 5.64.